The fourth-order valence-electron chi connectivity index (χ4n) is 2.79. The number of carbonyl (C=O) groups excluding carboxylic acids is 1. The maximum Gasteiger partial charge on any atom is 0.335 e. The van der Waals surface area contributed by atoms with Gasteiger partial charge in [-0.3, -0.25) is 4.79 Å². The van der Waals surface area contributed by atoms with Crippen molar-refractivity contribution in [3.8, 4) is 5.75 Å². The molecule has 0 aromatic heterocycles. The van der Waals surface area contributed by atoms with E-state index in [9.17, 15) is 9.59 Å². The van der Waals surface area contributed by atoms with Crippen LogP contribution >= 0.6 is 0 Å². The normalized spacial score (nSPS) is 17.1. The fraction of sp³-hybridized carbons (Fsp3) is 0.263. The van der Waals surface area contributed by atoms with Gasteiger partial charge in [-0.15, -0.1) is 0 Å². The molecule has 1 amide bonds. The second-order valence-corrected chi connectivity index (χ2v) is 5.74. The van der Waals surface area contributed by atoms with E-state index < -0.39 is 12.1 Å². The molecule has 1 fully saturated rings. The number of rotatable bonds is 5. The summed E-state index contributed by atoms with van der Waals surface area (Å²) in [6.07, 6.45) is 0.994. The molecule has 0 spiro atoms. The second kappa shape index (κ2) is 6.74. The third-order valence-electron chi connectivity index (χ3n) is 4.17. The Morgan fingerprint density at radius 1 is 1.25 bits per heavy atom. The van der Waals surface area contributed by atoms with Crippen LogP contribution in [-0.2, 0) is 11.2 Å². The van der Waals surface area contributed by atoms with Gasteiger partial charge in [-0.05, 0) is 42.3 Å². The Kier molecular flexibility index (Phi) is 4.51. The minimum Gasteiger partial charge on any atom is -0.481 e. The summed E-state index contributed by atoms with van der Waals surface area (Å²) in [7, 11) is 0. The molecule has 0 bridgehead atoms. The lowest BCUT2D eigenvalue weighted by Crippen LogP contribution is -2.32. The van der Waals surface area contributed by atoms with Gasteiger partial charge >= 0.3 is 5.97 Å². The van der Waals surface area contributed by atoms with E-state index in [1.54, 1.807) is 17.0 Å². The Morgan fingerprint density at radius 2 is 2.00 bits per heavy atom. The van der Waals surface area contributed by atoms with Gasteiger partial charge in [-0.25, -0.2) is 4.79 Å². The predicted molar refractivity (Wildman–Crippen MR) is 90.6 cm³/mol. The lowest BCUT2D eigenvalue weighted by Gasteiger charge is -2.17. The zero-order valence-corrected chi connectivity index (χ0v) is 13.4. The van der Waals surface area contributed by atoms with Gasteiger partial charge in [0, 0.05) is 18.7 Å². The van der Waals surface area contributed by atoms with Gasteiger partial charge in [0.2, 0.25) is 0 Å². The van der Waals surface area contributed by atoms with E-state index >= 15 is 0 Å². The zero-order chi connectivity index (χ0) is 17.1. The van der Waals surface area contributed by atoms with Crippen molar-refractivity contribution in [2.75, 3.05) is 11.4 Å². The number of aryl methyl sites for hydroxylation is 1. The summed E-state index contributed by atoms with van der Waals surface area (Å²) < 4.78 is 5.81. The van der Waals surface area contributed by atoms with Crippen LogP contribution in [-0.4, -0.2) is 29.6 Å². The summed E-state index contributed by atoms with van der Waals surface area (Å²) in [5.74, 6) is -0.476. The summed E-state index contributed by atoms with van der Waals surface area (Å²) in [6.45, 7) is 2.60. The highest BCUT2D eigenvalue weighted by Crippen LogP contribution is 2.26. The van der Waals surface area contributed by atoms with Gasteiger partial charge in [0.25, 0.3) is 5.91 Å². The summed E-state index contributed by atoms with van der Waals surface area (Å²) >= 11 is 0. The van der Waals surface area contributed by atoms with Gasteiger partial charge in [-0.1, -0.05) is 25.1 Å². The van der Waals surface area contributed by atoms with Gasteiger partial charge in [0.05, 0.1) is 5.56 Å². The van der Waals surface area contributed by atoms with Gasteiger partial charge < -0.3 is 14.7 Å². The molecular formula is C19H19NO4. The van der Waals surface area contributed by atoms with E-state index in [1.807, 2.05) is 24.3 Å². The molecule has 1 aliphatic rings. The van der Waals surface area contributed by atoms with Crippen molar-refractivity contribution < 1.29 is 19.4 Å². The van der Waals surface area contributed by atoms with Crippen LogP contribution in [0.4, 0.5) is 5.69 Å². The quantitative estimate of drug-likeness (QED) is 0.917. The number of nitrogens with zero attached hydrogens (tertiary/aromatic N) is 1. The molecule has 1 heterocycles. The number of amides is 1. The molecule has 0 saturated carbocycles. The van der Waals surface area contributed by atoms with Crippen LogP contribution in [0.2, 0.25) is 0 Å². The van der Waals surface area contributed by atoms with Crippen LogP contribution in [0.1, 0.15) is 29.3 Å². The molecule has 24 heavy (non-hydrogen) atoms. The zero-order valence-electron chi connectivity index (χ0n) is 13.4. The van der Waals surface area contributed by atoms with Crippen LogP contribution in [0.15, 0.2) is 48.5 Å². The van der Waals surface area contributed by atoms with Crippen molar-refractivity contribution in [3.05, 3.63) is 59.7 Å². The number of hydrogen-bond acceptors (Lipinski definition) is 3. The Morgan fingerprint density at radius 3 is 2.67 bits per heavy atom. The lowest BCUT2D eigenvalue weighted by atomic mass is 10.2. The van der Waals surface area contributed by atoms with Gasteiger partial charge in [-0.2, -0.15) is 0 Å². The van der Waals surface area contributed by atoms with E-state index in [2.05, 4.69) is 6.92 Å². The van der Waals surface area contributed by atoms with Crippen molar-refractivity contribution in [2.24, 2.45) is 0 Å². The number of ether oxygens (including phenoxy) is 1. The summed E-state index contributed by atoms with van der Waals surface area (Å²) in [5, 5.41) is 9.08. The molecule has 0 unspecified atom stereocenters. The lowest BCUT2D eigenvalue weighted by molar-refractivity contribution is -0.122. The summed E-state index contributed by atoms with van der Waals surface area (Å²) in [5.41, 5.74) is 1.97. The minimum absolute atomic E-state index is 0.142. The first-order valence-electron chi connectivity index (χ1n) is 7.99. The number of hydrogen-bond donors (Lipinski definition) is 1. The van der Waals surface area contributed by atoms with E-state index in [0.717, 1.165) is 6.42 Å². The largest absolute Gasteiger partial charge is 0.481 e. The van der Waals surface area contributed by atoms with Crippen LogP contribution in [0.25, 0.3) is 0 Å². The van der Waals surface area contributed by atoms with Crippen LogP contribution in [0, 0.1) is 0 Å². The van der Waals surface area contributed by atoms with E-state index in [0.29, 0.717) is 24.4 Å². The maximum absolute atomic E-state index is 12.6. The molecule has 1 atom stereocenters. The van der Waals surface area contributed by atoms with Crippen LogP contribution < -0.4 is 9.64 Å². The molecule has 2 aromatic rings. The maximum atomic E-state index is 12.6. The van der Waals surface area contributed by atoms with Crippen molar-refractivity contribution in [3.63, 3.8) is 0 Å². The molecule has 3 rings (SSSR count). The van der Waals surface area contributed by atoms with Crippen molar-refractivity contribution in [1.82, 2.24) is 0 Å². The third-order valence-corrected chi connectivity index (χ3v) is 4.17. The highest BCUT2D eigenvalue weighted by molar-refractivity contribution is 6.00. The Bertz CT molecular complexity index is 754. The fourth-order valence-corrected chi connectivity index (χ4v) is 2.79. The molecule has 1 aliphatic heterocycles. The molecule has 1 saturated heterocycles. The summed E-state index contributed by atoms with van der Waals surface area (Å²) in [4.78, 5) is 25.2. The smallest absolute Gasteiger partial charge is 0.335 e. The van der Waals surface area contributed by atoms with E-state index in [-0.39, 0.29) is 11.5 Å². The van der Waals surface area contributed by atoms with Crippen molar-refractivity contribution in [1.29, 1.82) is 0 Å². The SMILES string of the molecule is CCc1ccc(O[C@@H]2CCN(c3cccc(C(=O)O)c3)C2=O)cc1. The average molecular weight is 325 g/mol. The van der Waals surface area contributed by atoms with Crippen LogP contribution in [0.3, 0.4) is 0 Å². The first kappa shape index (κ1) is 16.1. The first-order chi connectivity index (χ1) is 11.6. The number of aromatic carboxylic acids is 1. The second-order valence-electron chi connectivity index (χ2n) is 5.74. The Balaban J connectivity index is 1.72. The average Bonchev–Trinajstić information content (AvgIpc) is 2.96. The molecule has 5 heteroatoms. The van der Waals surface area contributed by atoms with E-state index in [1.165, 1.54) is 17.7 Å². The molecule has 2 aromatic carbocycles. The van der Waals surface area contributed by atoms with Crippen molar-refractivity contribution >= 4 is 17.6 Å². The number of carboxylic acids is 1. The number of benzene rings is 2. The molecule has 124 valence electrons. The molecule has 0 radical (unpaired) electrons. The van der Waals surface area contributed by atoms with E-state index in [4.69, 9.17) is 9.84 Å². The third kappa shape index (κ3) is 3.25. The van der Waals surface area contributed by atoms with Gasteiger partial charge in [0.15, 0.2) is 6.10 Å². The number of carboxylic acid groups (broad SMARTS) is 1. The molecule has 1 N–H and O–H groups in total. The highest BCUT2D eigenvalue weighted by atomic mass is 16.5. The number of anilines is 1. The predicted octanol–water partition coefficient (Wildman–Crippen LogP) is 3.13. The van der Waals surface area contributed by atoms with Crippen LogP contribution in [0.5, 0.6) is 5.75 Å². The highest BCUT2D eigenvalue weighted by Gasteiger charge is 2.34. The number of carbonyl (C=O) groups is 2. The molecule has 5 nitrogen and oxygen atoms in total. The Hall–Kier alpha value is -2.82. The monoisotopic (exact) mass is 325 g/mol. The topological polar surface area (TPSA) is 66.8 Å². The van der Waals surface area contributed by atoms with Crippen molar-refractivity contribution in [2.45, 2.75) is 25.9 Å². The first-order valence-corrected chi connectivity index (χ1v) is 7.99. The summed E-state index contributed by atoms with van der Waals surface area (Å²) in [6, 6.07) is 14.1. The standard InChI is InChI=1S/C19H19NO4/c1-2-13-6-8-16(9-7-13)24-17-10-11-20(18(17)21)15-5-3-4-14(12-15)19(22)23/h3-9,12,17H,2,10-11H2,1H3,(H,22,23)/t17-/m1/s1. The van der Waals surface area contributed by atoms with Gasteiger partial charge in [0.1, 0.15) is 5.75 Å². The Labute approximate surface area is 140 Å². The molecular weight excluding hydrogens is 306 g/mol. The molecule has 0 aliphatic carbocycles. The minimum atomic E-state index is -1.01.